The molecular weight excluding hydrogens is 557 g/mol. The minimum Gasteiger partial charge on any atom is -0.493 e. The predicted molar refractivity (Wildman–Crippen MR) is 138 cm³/mol. The molecule has 1 aromatic heterocycles. The number of amides is 2. The van der Waals surface area contributed by atoms with E-state index in [0.717, 1.165) is 4.47 Å². The second-order valence-electron chi connectivity index (χ2n) is 7.34. The largest absolute Gasteiger partial charge is 0.493 e. The van der Waals surface area contributed by atoms with Crippen LogP contribution in [0.5, 0.6) is 11.5 Å². The first-order valence-electron chi connectivity index (χ1n) is 10.4. The Hall–Kier alpha value is -3.89. The number of halogens is 3. The third-order valence-corrected chi connectivity index (χ3v) is 5.59. The standard InChI is InChI=1S/C25H18BrClFN3O5/c1-34-21-11-16(26)9-15-10-22(36-24(15)21)25(33)31-29-12-14-6-7-20(17(27)8-14)35-13-23(32)30-19-5-3-2-4-18(19)28/h2-12H,13H2,1H3,(H,30,32)(H,31,33)/b29-12-. The van der Waals surface area contributed by atoms with E-state index >= 15 is 0 Å². The molecule has 8 nitrogen and oxygen atoms in total. The van der Waals surface area contributed by atoms with Gasteiger partial charge in [-0.05, 0) is 54.1 Å². The molecule has 3 aromatic carbocycles. The number of nitrogens with zero attached hydrogens (tertiary/aromatic N) is 1. The molecule has 0 radical (unpaired) electrons. The molecule has 4 aromatic rings. The fourth-order valence-corrected chi connectivity index (χ4v) is 3.87. The van der Waals surface area contributed by atoms with Crippen LogP contribution in [0.2, 0.25) is 5.02 Å². The molecule has 0 fully saturated rings. The van der Waals surface area contributed by atoms with Gasteiger partial charge < -0.3 is 19.2 Å². The quantitative estimate of drug-likeness (QED) is 0.205. The van der Waals surface area contributed by atoms with Gasteiger partial charge in [-0.1, -0.05) is 39.7 Å². The van der Waals surface area contributed by atoms with Crippen LogP contribution in [-0.4, -0.2) is 31.7 Å². The number of methoxy groups -OCH3 is 1. The van der Waals surface area contributed by atoms with Crippen LogP contribution in [0, 0.1) is 5.82 Å². The molecule has 1 heterocycles. The lowest BCUT2D eigenvalue weighted by Crippen LogP contribution is -2.20. The summed E-state index contributed by atoms with van der Waals surface area (Å²) in [4.78, 5) is 24.5. The average molecular weight is 575 g/mol. The van der Waals surface area contributed by atoms with Crippen LogP contribution in [0.3, 0.4) is 0 Å². The number of hydrogen-bond acceptors (Lipinski definition) is 6. The van der Waals surface area contributed by atoms with E-state index in [1.807, 2.05) is 0 Å². The number of anilines is 1. The summed E-state index contributed by atoms with van der Waals surface area (Å²) in [6, 6.07) is 15.7. The molecule has 0 aliphatic heterocycles. The molecule has 0 saturated heterocycles. The highest BCUT2D eigenvalue weighted by molar-refractivity contribution is 9.10. The van der Waals surface area contributed by atoms with Crippen LogP contribution in [0.15, 0.2) is 74.7 Å². The minimum atomic E-state index is -0.549. The molecule has 0 aliphatic carbocycles. The maximum Gasteiger partial charge on any atom is 0.307 e. The Morgan fingerprint density at radius 3 is 2.69 bits per heavy atom. The molecular formula is C25H18BrClFN3O5. The third kappa shape index (κ3) is 6.02. The number of nitrogens with one attached hydrogen (secondary N) is 2. The molecule has 2 amide bonds. The number of carbonyl (C=O) groups is 2. The molecule has 0 bridgehead atoms. The molecule has 11 heteroatoms. The van der Waals surface area contributed by atoms with Crippen LogP contribution >= 0.6 is 27.5 Å². The van der Waals surface area contributed by atoms with E-state index in [-0.39, 0.29) is 28.8 Å². The van der Waals surface area contributed by atoms with Gasteiger partial charge in [0.1, 0.15) is 11.6 Å². The smallest absolute Gasteiger partial charge is 0.307 e. The number of hydrazone groups is 1. The molecule has 184 valence electrons. The maximum atomic E-state index is 13.6. The maximum absolute atomic E-state index is 13.6. The fraction of sp³-hybridized carbons (Fsp3) is 0.0800. The highest BCUT2D eigenvalue weighted by atomic mass is 79.9. The van der Waals surface area contributed by atoms with Crippen molar-refractivity contribution < 1.29 is 27.9 Å². The molecule has 0 aliphatic rings. The van der Waals surface area contributed by atoms with E-state index in [9.17, 15) is 14.0 Å². The first-order valence-corrected chi connectivity index (χ1v) is 11.6. The number of ether oxygens (including phenoxy) is 2. The Kier molecular flexibility index (Phi) is 7.87. The number of hydrogen-bond donors (Lipinski definition) is 2. The van der Waals surface area contributed by atoms with Crippen molar-refractivity contribution in [2.24, 2.45) is 5.10 Å². The van der Waals surface area contributed by atoms with Gasteiger partial charge in [-0.25, -0.2) is 9.82 Å². The topological polar surface area (TPSA) is 102 Å². The highest BCUT2D eigenvalue weighted by Crippen LogP contribution is 2.32. The zero-order chi connectivity index (χ0) is 25.7. The highest BCUT2D eigenvalue weighted by Gasteiger charge is 2.15. The Labute approximate surface area is 218 Å². The number of rotatable bonds is 8. The van der Waals surface area contributed by atoms with E-state index in [1.54, 1.807) is 42.5 Å². The van der Waals surface area contributed by atoms with Gasteiger partial charge in [0.05, 0.1) is 24.0 Å². The molecule has 36 heavy (non-hydrogen) atoms. The van der Waals surface area contributed by atoms with Gasteiger partial charge in [-0.3, -0.25) is 9.59 Å². The van der Waals surface area contributed by atoms with Gasteiger partial charge in [0.15, 0.2) is 23.7 Å². The van der Waals surface area contributed by atoms with E-state index < -0.39 is 17.6 Å². The number of fused-ring (bicyclic) bond motifs is 1. The van der Waals surface area contributed by atoms with Crippen LogP contribution in [0.25, 0.3) is 11.0 Å². The van der Waals surface area contributed by atoms with E-state index in [4.69, 9.17) is 25.5 Å². The second kappa shape index (κ2) is 11.2. The lowest BCUT2D eigenvalue weighted by atomic mass is 10.2. The zero-order valence-electron chi connectivity index (χ0n) is 18.7. The van der Waals surface area contributed by atoms with Crippen molar-refractivity contribution in [2.45, 2.75) is 0 Å². The Bertz CT molecular complexity index is 1470. The summed E-state index contributed by atoms with van der Waals surface area (Å²) >= 11 is 9.61. The van der Waals surface area contributed by atoms with Gasteiger partial charge in [0, 0.05) is 9.86 Å². The summed E-state index contributed by atoms with van der Waals surface area (Å²) in [6.07, 6.45) is 1.39. The summed E-state index contributed by atoms with van der Waals surface area (Å²) in [6.45, 7) is -0.365. The summed E-state index contributed by atoms with van der Waals surface area (Å²) < 4.78 is 30.7. The molecule has 0 saturated carbocycles. The van der Waals surface area contributed by atoms with Crippen molar-refractivity contribution in [1.82, 2.24) is 5.43 Å². The lowest BCUT2D eigenvalue weighted by molar-refractivity contribution is -0.118. The third-order valence-electron chi connectivity index (χ3n) is 4.83. The van der Waals surface area contributed by atoms with Crippen molar-refractivity contribution in [3.05, 3.63) is 87.3 Å². The van der Waals surface area contributed by atoms with Crippen molar-refractivity contribution >= 4 is 62.2 Å². The Morgan fingerprint density at radius 2 is 1.94 bits per heavy atom. The summed E-state index contributed by atoms with van der Waals surface area (Å²) in [5.41, 5.74) is 3.46. The Balaban J connectivity index is 1.34. The number of carbonyl (C=O) groups excluding carboxylic acids is 2. The summed E-state index contributed by atoms with van der Waals surface area (Å²) in [5, 5.41) is 7.26. The average Bonchev–Trinajstić information content (AvgIpc) is 3.28. The van der Waals surface area contributed by atoms with Crippen molar-refractivity contribution in [2.75, 3.05) is 19.0 Å². The van der Waals surface area contributed by atoms with Gasteiger partial charge in [0.2, 0.25) is 0 Å². The fourth-order valence-electron chi connectivity index (χ4n) is 3.18. The minimum absolute atomic E-state index is 0.0560. The van der Waals surface area contributed by atoms with E-state index in [1.165, 1.54) is 31.5 Å². The zero-order valence-corrected chi connectivity index (χ0v) is 21.0. The number of furan rings is 1. The molecule has 0 spiro atoms. The molecule has 0 unspecified atom stereocenters. The van der Waals surface area contributed by atoms with Crippen LogP contribution in [-0.2, 0) is 4.79 Å². The number of para-hydroxylation sites is 1. The van der Waals surface area contributed by atoms with Crippen LogP contribution in [0.1, 0.15) is 16.1 Å². The van der Waals surface area contributed by atoms with Crippen LogP contribution in [0.4, 0.5) is 10.1 Å². The van der Waals surface area contributed by atoms with Crippen molar-refractivity contribution in [3.63, 3.8) is 0 Å². The normalized spacial score (nSPS) is 11.0. The van der Waals surface area contributed by atoms with Gasteiger partial charge in [0.25, 0.3) is 5.91 Å². The molecule has 2 N–H and O–H groups in total. The monoisotopic (exact) mass is 573 g/mol. The van der Waals surface area contributed by atoms with Gasteiger partial charge >= 0.3 is 5.91 Å². The molecule has 4 rings (SSSR count). The SMILES string of the molecule is COc1cc(Br)cc2cc(C(=O)N/N=C\c3ccc(OCC(=O)Nc4ccccc4F)c(Cl)c3)oc12. The van der Waals surface area contributed by atoms with Crippen molar-refractivity contribution in [3.8, 4) is 11.5 Å². The summed E-state index contributed by atoms with van der Waals surface area (Å²) in [7, 11) is 1.51. The lowest BCUT2D eigenvalue weighted by Gasteiger charge is -2.09. The van der Waals surface area contributed by atoms with Gasteiger partial charge in [-0.15, -0.1) is 0 Å². The second-order valence-corrected chi connectivity index (χ2v) is 8.67. The van der Waals surface area contributed by atoms with Gasteiger partial charge in [-0.2, -0.15) is 5.10 Å². The Morgan fingerprint density at radius 1 is 1.14 bits per heavy atom. The van der Waals surface area contributed by atoms with E-state index in [2.05, 4.69) is 31.8 Å². The van der Waals surface area contributed by atoms with E-state index in [0.29, 0.717) is 22.3 Å². The first-order chi connectivity index (χ1) is 17.3. The predicted octanol–water partition coefficient (Wildman–Crippen LogP) is 5.78. The summed E-state index contributed by atoms with van der Waals surface area (Å²) in [5.74, 6) is -0.832. The molecule has 0 atom stereocenters. The van der Waals surface area contributed by atoms with Crippen LogP contribution < -0.4 is 20.2 Å². The van der Waals surface area contributed by atoms with Crippen molar-refractivity contribution in [1.29, 1.82) is 0 Å². The first kappa shape index (κ1) is 25.2. The number of benzene rings is 3.